The van der Waals surface area contributed by atoms with Crippen LogP contribution in [-0.4, -0.2) is 28.1 Å². The number of hydrogen-bond acceptors (Lipinski definition) is 4. The predicted molar refractivity (Wildman–Crippen MR) is 65.4 cm³/mol. The molecule has 5 nitrogen and oxygen atoms in total. The molecule has 0 bridgehead atoms. The van der Waals surface area contributed by atoms with Gasteiger partial charge in [0.15, 0.2) is 0 Å². The number of carbonyl (C=O) groups excluding carboxylic acids is 1. The maximum atomic E-state index is 11.8. The molecular formula is C12H19N3O2. The van der Waals surface area contributed by atoms with Crippen molar-refractivity contribution >= 4 is 5.91 Å². The number of aromatic nitrogens is 1. The molecule has 94 valence electrons. The van der Waals surface area contributed by atoms with Crippen molar-refractivity contribution in [2.24, 2.45) is 5.73 Å². The van der Waals surface area contributed by atoms with Gasteiger partial charge in [-0.3, -0.25) is 9.78 Å². The second-order valence-corrected chi connectivity index (χ2v) is 4.20. The summed E-state index contributed by atoms with van der Waals surface area (Å²) in [5.74, 6) is -0.171. The molecule has 1 aromatic heterocycles. The summed E-state index contributed by atoms with van der Waals surface area (Å²) in [6.45, 7) is 3.86. The molecule has 0 fully saturated rings. The van der Waals surface area contributed by atoms with Crippen LogP contribution in [0.25, 0.3) is 0 Å². The van der Waals surface area contributed by atoms with Crippen LogP contribution in [0.5, 0.6) is 0 Å². The standard InChI is InChI=1S/C12H19N3O2/c1-8(5-9(2)16)15-12(17)10-3-4-14-11(6-10)7-13/h3-4,6,8-9,16H,5,7,13H2,1-2H3,(H,15,17). The summed E-state index contributed by atoms with van der Waals surface area (Å²) >= 11 is 0. The fourth-order valence-electron chi connectivity index (χ4n) is 1.61. The Kier molecular flexibility index (Phi) is 5.06. The molecule has 4 N–H and O–H groups in total. The second-order valence-electron chi connectivity index (χ2n) is 4.20. The van der Waals surface area contributed by atoms with Crippen molar-refractivity contribution in [1.82, 2.24) is 10.3 Å². The number of pyridine rings is 1. The molecule has 0 aliphatic carbocycles. The zero-order valence-corrected chi connectivity index (χ0v) is 10.2. The molecule has 0 aliphatic rings. The van der Waals surface area contributed by atoms with Crippen molar-refractivity contribution in [1.29, 1.82) is 0 Å². The van der Waals surface area contributed by atoms with Crippen LogP contribution in [0.3, 0.4) is 0 Å². The molecule has 0 radical (unpaired) electrons. The number of carbonyl (C=O) groups is 1. The third-order valence-corrected chi connectivity index (χ3v) is 2.36. The molecule has 2 atom stereocenters. The number of nitrogens with two attached hydrogens (primary N) is 1. The van der Waals surface area contributed by atoms with Crippen LogP contribution in [0.1, 0.15) is 36.3 Å². The minimum Gasteiger partial charge on any atom is -0.393 e. The van der Waals surface area contributed by atoms with Crippen LogP contribution in [-0.2, 0) is 6.54 Å². The van der Waals surface area contributed by atoms with Gasteiger partial charge in [-0.05, 0) is 32.4 Å². The second kappa shape index (κ2) is 6.32. The lowest BCUT2D eigenvalue weighted by molar-refractivity contribution is 0.0923. The average molecular weight is 237 g/mol. The summed E-state index contributed by atoms with van der Waals surface area (Å²) < 4.78 is 0. The summed E-state index contributed by atoms with van der Waals surface area (Å²) in [5.41, 5.74) is 6.68. The van der Waals surface area contributed by atoms with Gasteiger partial charge in [-0.1, -0.05) is 0 Å². The van der Waals surface area contributed by atoms with E-state index in [1.54, 1.807) is 25.3 Å². The monoisotopic (exact) mass is 237 g/mol. The Morgan fingerprint density at radius 1 is 1.59 bits per heavy atom. The summed E-state index contributed by atoms with van der Waals surface area (Å²) in [6.07, 6.45) is 1.67. The van der Waals surface area contributed by atoms with E-state index in [0.29, 0.717) is 24.2 Å². The molecule has 5 heteroatoms. The maximum absolute atomic E-state index is 11.8. The molecular weight excluding hydrogens is 218 g/mol. The minimum absolute atomic E-state index is 0.0722. The Hall–Kier alpha value is -1.46. The highest BCUT2D eigenvalue weighted by atomic mass is 16.3. The summed E-state index contributed by atoms with van der Waals surface area (Å²) in [7, 11) is 0. The normalized spacial score (nSPS) is 14.1. The van der Waals surface area contributed by atoms with Gasteiger partial charge in [0.2, 0.25) is 0 Å². The van der Waals surface area contributed by atoms with Crippen LogP contribution >= 0.6 is 0 Å². The molecule has 0 saturated heterocycles. The zero-order valence-electron chi connectivity index (χ0n) is 10.2. The van der Waals surface area contributed by atoms with E-state index in [1.165, 1.54) is 0 Å². The first-order valence-electron chi connectivity index (χ1n) is 5.67. The Labute approximate surface area is 101 Å². The average Bonchev–Trinajstić information content (AvgIpc) is 2.27. The third-order valence-electron chi connectivity index (χ3n) is 2.36. The maximum Gasteiger partial charge on any atom is 0.251 e. The minimum atomic E-state index is -0.428. The van der Waals surface area contributed by atoms with Crippen molar-refractivity contribution in [3.8, 4) is 0 Å². The highest BCUT2D eigenvalue weighted by molar-refractivity contribution is 5.94. The van der Waals surface area contributed by atoms with Gasteiger partial charge in [-0.25, -0.2) is 0 Å². The van der Waals surface area contributed by atoms with Gasteiger partial charge in [0.1, 0.15) is 0 Å². The van der Waals surface area contributed by atoms with Gasteiger partial charge in [-0.15, -0.1) is 0 Å². The van der Waals surface area contributed by atoms with E-state index in [4.69, 9.17) is 5.73 Å². The lowest BCUT2D eigenvalue weighted by Gasteiger charge is -2.15. The van der Waals surface area contributed by atoms with E-state index in [1.807, 2.05) is 6.92 Å². The van der Waals surface area contributed by atoms with E-state index >= 15 is 0 Å². The zero-order chi connectivity index (χ0) is 12.8. The largest absolute Gasteiger partial charge is 0.393 e. The fourth-order valence-corrected chi connectivity index (χ4v) is 1.61. The first-order valence-corrected chi connectivity index (χ1v) is 5.67. The lowest BCUT2D eigenvalue weighted by Crippen LogP contribution is -2.34. The first-order chi connectivity index (χ1) is 8.02. The summed E-state index contributed by atoms with van der Waals surface area (Å²) in [6, 6.07) is 3.24. The van der Waals surface area contributed by atoms with Crippen LogP contribution < -0.4 is 11.1 Å². The highest BCUT2D eigenvalue weighted by Gasteiger charge is 2.11. The number of aliphatic hydroxyl groups excluding tert-OH is 1. The molecule has 0 spiro atoms. The first kappa shape index (κ1) is 13.6. The molecule has 17 heavy (non-hydrogen) atoms. The van der Waals surface area contributed by atoms with E-state index in [2.05, 4.69) is 10.3 Å². The quantitative estimate of drug-likeness (QED) is 0.693. The highest BCUT2D eigenvalue weighted by Crippen LogP contribution is 2.03. The number of nitrogens with one attached hydrogen (secondary N) is 1. The van der Waals surface area contributed by atoms with Gasteiger partial charge in [0.05, 0.1) is 11.8 Å². The molecule has 0 aromatic carbocycles. The predicted octanol–water partition coefficient (Wildman–Crippen LogP) is 0.429. The smallest absolute Gasteiger partial charge is 0.251 e. The number of aliphatic hydroxyl groups is 1. The Balaban J connectivity index is 2.63. The molecule has 0 aliphatic heterocycles. The van der Waals surface area contributed by atoms with Gasteiger partial charge in [-0.2, -0.15) is 0 Å². The molecule has 1 rings (SSSR count). The topological polar surface area (TPSA) is 88.2 Å². The molecule has 1 heterocycles. The van der Waals surface area contributed by atoms with Crippen molar-refractivity contribution in [2.45, 2.75) is 39.0 Å². The van der Waals surface area contributed by atoms with Crippen molar-refractivity contribution in [3.05, 3.63) is 29.6 Å². The van der Waals surface area contributed by atoms with E-state index < -0.39 is 6.10 Å². The van der Waals surface area contributed by atoms with E-state index in [0.717, 1.165) is 0 Å². The molecule has 2 unspecified atom stereocenters. The lowest BCUT2D eigenvalue weighted by atomic mass is 10.1. The number of hydrogen-bond donors (Lipinski definition) is 3. The number of rotatable bonds is 5. The molecule has 0 saturated carbocycles. The van der Waals surface area contributed by atoms with Gasteiger partial charge < -0.3 is 16.2 Å². The summed E-state index contributed by atoms with van der Waals surface area (Å²) in [4.78, 5) is 15.9. The Bertz CT molecular complexity index is 380. The van der Waals surface area contributed by atoms with Gasteiger partial charge in [0, 0.05) is 24.3 Å². The third kappa shape index (κ3) is 4.50. The SMILES string of the molecule is CC(O)CC(C)NC(=O)c1ccnc(CN)c1. The van der Waals surface area contributed by atoms with E-state index in [9.17, 15) is 9.90 Å². The number of nitrogens with zero attached hydrogens (tertiary/aromatic N) is 1. The molecule has 1 amide bonds. The molecule has 1 aromatic rings. The summed E-state index contributed by atoms with van der Waals surface area (Å²) in [5, 5.41) is 12.0. The van der Waals surface area contributed by atoms with Crippen LogP contribution in [0.15, 0.2) is 18.3 Å². The van der Waals surface area contributed by atoms with Crippen LogP contribution in [0.2, 0.25) is 0 Å². The van der Waals surface area contributed by atoms with Gasteiger partial charge in [0.25, 0.3) is 5.91 Å². The van der Waals surface area contributed by atoms with E-state index in [-0.39, 0.29) is 11.9 Å². The number of amides is 1. The Morgan fingerprint density at radius 2 is 2.29 bits per heavy atom. The fraction of sp³-hybridized carbons (Fsp3) is 0.500. The van der Waals surface area contributed by atoms with Crippen molar-refractivity contribution < 1.29 is 9.90 Å². The van der Waals surface area contributed by atoms with Crippen molar-refractivity contribution in [2.75, 3.05) is 0 Å². The van der Waals surface area contributed by atoms with Crippen molar-refractivity contribution in [3.63, 3.8) is 0 Å². The van der Waals surface area contributed by atoms with Crippen LogP contribution in [0.4, 0.5) is 0 Å². The Morgan fingerprint density at radius 3 is 2.88 bits per heavy atom. The van der Waals surface area contributed by atoms with Crippen LogP contribution in [0, 0.1) is 0 Å². The van der Waals surface area contributed by atoms with Gasteiger partial charge >= 0.3 is 0 Å².